The van der Waals surface area contributed by atoms with E-state index in [9.17, 15) is 4.39 Å². The molecule has 2 unspecified atom stereocenters. The fourth-order valence-electron chi connectivity index (χ4n) is 6.91. The summed E-state index contributed by atoms with van der Waals surface area (Å²) in [6, 6.07) is 5.81. The first kappa shape index (κ1) is 25.9. The summed E-state index contributed by atoms with van der Waals surface area (Å²) < 4.78 is 37.2. The maximum atomic E-state index is 16.6. The Balaban J connectivity index is 1.35. The molecule has 0 aliphatic carbocycles. The Kier molecular flexibility index (Phi) is 6.32. The minimum atomic E-state index is -0.864. The Hall–Kier alpha value is -3.08. The average Bonchev–Trinajstić information content (AvgIpc) is 3.73. The number of alkyl halides is 1. The Morgan fingerprint density at radius 2 is 2.15 bits per heavy atom. The largest absolute Gasteiger partial charge is 0.461 e. The molecule has 4 aromatic rings. The minimum Gasteiger partial charge on any atom is -0.461 e. The van der Waals surface area contributed by atoms with Gasteiger partial charge in [0, 0.05) is 54.5 Å². The number of H-pyrrole nitrogens is 1. The number of fused-ring (bicyclic) bond motifs is 3. The molecule has 210 valence electrons. The third kappa shape index (κ3) is 4.11. The van der Waals surface area contributed by atoms with E-state index in [1.54, 1.807) is 12.3 Å². The Morgan fingerprint density at radius 1 is 1.27 bits per heavy atom. The van der Waals surface area contributed by atoms with Gasteiger partial charge >= 0.3 is 6.01 Å². The number of benzene rings is 2. The van der Waals surface area contributed by atoms with E-state index in [1.165, 1.54) is 0 Å². The summed E-state index contributed by atoms with van der Waals surface area (Å²) in [5, 5.41) is 12.3. The van der Waals surface area contributed by atoms with Gasteiger partial charge in [0.1, 0.15) is 24.1 Å². The third-order valence-corrected chi connectivity index (χ3v) is 9.53. The number of ether oxygens (including phenoxy) is 1. The van der Waals surface area contributed by atoms with Crippen LogP contribution >= 0.6 is 11.6 Å². The number of nitrogens with one attached hydrogen (secondary N) is 2. The minimum absolute atomic E-state index is 0.101. The Labute approximate surface area is 236 Å². The van der Waals surface area contributed by atoms with Crippen molar-refractivity contribution in [2.75, 3.05) is 44.7 Å². The normalized spacial score (nSPS) is 24.8. The van der Waals surface area contributed by atoms with Gasteiger partial charge in [-0.25, -0.2) is 8.78 Å². The number of hydrogen-bond acceptors (Lipinski definition) is 7. The molecule has 3 fully saturated rings. The molecule has 3 atom stereocenters. The molecule has 2 aromatic heterocycles. The molecule has 7 rings (SSSR count). The highest BCUT2D eigenvalue weighted by atomic mass is 35.5. The number of halogens is 3. The summed E-state index contributed by atoms with van der Waals surface area (Å²) in [4.78, 5) is 13.7. The van der Waals surface area contributed by atoms with E-state index in [0.29, 0.717) is 40.3 Å². The van der Waals surface area contributed by atoms with Crippen molar-refractivity contribution in [3.63, 3.8) is 0 Å². The lowest BCUT2D eigenvalue weighted by Gasteiger charge is -2.31. The van der Waals surface area contributed by atoms with Gasteiger partial charge < -0.3 is 15.0 Å². The van der Waals surface area contributed by atoms with Crippen LogP contribution in [0.2, 0.25) is 5.02 Å². The molecule has 0 bridgehead atoms. The van der Waals surface area contributed by atoms with Gasteiger partial charge in [-0.2, -0.15) is 15.1 Å². The molecule has 0 spiro atoms. The van der Waals surface area contributed by atoms with Crippen LogP contribution in [0.3, 0.4) is 0 Å². The van der Waals surface area contributed by atoms with Crippen LogP contribution in [-0.4, -0.2) is 82.7 Å². The first-order valence-electron chi connectivity index (χ1n) is 13.9. The molecule has 2 aromatic carbocycles. The van der Waals surface area contributed by atoms with Crippen molar-refractivity contribution in [1.82, 2.24) is 30.4 Å². The topological polar surface area (TPSA) is 82.2 Å². The van der Waals surface area contributed by atoms with Gasteiger partial charge in [0.15, 0.2) is 5.82 Å². The number of aromatic nitrogens is 4. The first-order chi connectivity index (χ1) is 19.3. The van der Waals surface area contributed by atoms with Gasteiger partial charge in [-0.05, 0) is 57.0 Å². The molecular weight excluding hydrogens is 536 g/mol. The molecule has 5 heterocycles. The zero-order valence-corrected chi connectivity index (χ0v) is 23.4. The maximum Gasteiger partial charge on any atom is 0.319 e. The van der Waals surface area contributed by atoms with Crippen molar-refractivity contribution < 1.29 is 13.5 Å². The molecule has 40 heavy (non-hydrogen) atoms. The second kappa shape index (κ2) is 9.78. The van der Waals surface area contributed by atoms with Crippen LogP contribution in [0.1, 0.15) is 31.2 Å². The van der Waals surface area contributed by atoms with Crippen LogP contribution in [-0.2, 0) is 0 Å². The van der Waals surface area contributed by atoms with Gasteiger partial charge in [0.05, 0.1) is 22.3 Å². The lowest BCUT2D eigenvalue weighted by Crippen LogP contribution is -2.43. The van der Waals surface area contributed by atoms with E-state index in [1.807, 2.05) is 26.1 Å². The zero-order chi connectivity index (χ0) is 27.6. The predicted octanol–water partition coefficient (Wildman–Crippen LogP) is 5.03. The molecule has 3 aliphatic heterocycles. The number of rotatable bonds is 6. The number of anilines is 1. The molecule has 0 amide bonds. The average molecular weight is 568 g/mol. The Morgan fingerprint density at radius 3 is 2.98 bits per heavy atom. The van der Waals surface area contributed by atoms with Crippen LogP contribution in [0.25, 0.3) is 32.9 Å². The highest BCUT2D eigenvalue weighted by Gasteiger charge is 2.49. The SMILES string of the molecule is Cc1cc2[nH]ncc2c(-c2ccc3c(N(C)C4CCNC4)nc(OC[C@@]45CCCN4CC(F)C5)nc3c2F)c1Cl. The summed E-state index contributed by atoms with van der Waals surface area (Å²) in [6.45, 7) is 5.18. The zero-order valence-electron chi connectivity index (χ0n) is 22.6. The molecule has 8 nitrogen and oxygen atoms in total. The fourth-order valence-corrected chi connectivity index (χ4v) is 7.16. The summed E-state index contributed by atoms with van der Waals surface area (Å²) in [6.07, 6.45) is 4.06. The van der Waals surface area contributed by atoms with Crippen LogP contribution in [0.15, 0.2) is 24.4 Å². The summed E-state index contributed by atoms with van der Waals surface area (Å²) in [5.74, 6) is 0.114. The second-order valence-corrected chi connectivity index (χ2v) is 11.9. The van der Waals surface area contributed by atoms with Crippen molar-refractivity contribution in [3.05, 3.63) is 40.8 Å². The molecule has 11 heteroatoms. The second-order valence-electron chi connectivity index (χ2n) is 11.5. The van der Waals surface area contributed by atoms with Crippen molar-refractivity contribution in [1.29, 1.82) is 0 Å². The third-order valence-electron chi connectivity index (χ3n) is 9.05. The number of likely N-dealkylation sites (N-methyl/N-ethyl adjacent to an activating group) is 1. The van der Waals surface area contributed by atoms with Crippen LogP contribution in [0, 0.1) is 12.7 Å². The van der Waals surface area contributed by atoms with Crippen LogP contribution in [0.4, 0.5) is 14.6 Å². The highest BCUT2D eigenvalue weighted by molar-refractivity contribution is 6.36. The van der Waals surface area contributed by atoms with Crippen molar-refractivity contribution in [3.8, 4) is 17.1 Å². The number of nitrogens with zero attached hydrogens (tertiary/aromatic N) is 5. The first-order valence-corrected chi connectivity index (χ1v) is 14.3. The smallest absolute Gasteiger partial charge is 0.319 e. The van der Waals surface area contributed by atoms with Gasteiger partial charge in [-0.1, -0.05) is 17.7 Å². The van der Waals surface area contributed by atoms with E-state index >= 15 is 4.39 Å². The lowest BCUT2D eigenvalue weighted by molar-refractivity contribution is 0.107. The van der Waals surface area contributed by atoms with E-state index in [4.69, 9.17) is 21.3 Å². The predicted molar refractivity (Wildman–Crippen MR) is 153 cm³/mol. The van der Waals surface area contributed by atoms with Gasteiger partial charge in [-0.3, -0.25) is 10.00 Å². The molecule has 0 saturated carbocycles. The van der Waals surface area contributed by atoms with Crippen molar-refractivity contribution in [2.24, 2.45) is 0 Å². The maximum absolute atomic E-state index is 16.6. The molecule has 3 saturated heterocycles. The molecule has 3 aliphatic rings. The van der Waals surface area contributed by atoms with Gasteiger partial charge in [-0.15, -0.1) is 0 Å². The van der Waals surface area contributed by atoms with E-state index in [-0.39, 0.29) is 29.7 Å². The van der Waals surface area contributed by atoms with Crippen LogP contribution in [0.5, 0.6) is 6.01 Å². The van der Waals surface area contributed by atoms with Gasteiger partial charge in [0.25, 0.3) is 0 Å². The van der Waals surface area contributed by atoms with Crippen LogP contribution < -0.4 is 15.0 Å². The monoisotopic (exact) mass is 567 g/mol. The number of hydrogen-bond donors (Lipinski definition) is 2. The van der Waals surface area contributed by atoms with E-state index < -0.39 is 12.0 Å². The van der Waals surface area contributed by atoms with Gasteiger partial charge in [0.2, 0.25) is 0 Å². The van der Waals surface area contributed by atoms with E-state index in [0.717, 1.165) is 55.4 Å². The number of aromatic amines is 1. The molecular formula is C29H32ClF2N7O. The molecule has 0 radical (unpaired) electrons. The van der Waals surface area contributed by atoms with Crippen molar-refractivity contribution >= 4 is 39.2 Å². The van der Waals surface area contributed by atoms with E-state index in [2.05, 4.69) is 30.3 Å². The Bertz CT molecular complexity index is 1610. The highest BCUT2D eigenvalue weighted by Crippen LogP contribution is 2.42. The lowest BCUT2D eigenvalue weighted by atomic mass is 9.95. The standard InChI is InChI=1S/C29H32ClF2N7O/c1-16-10-22-21(13-34-37-22)23(24(16)30)19-4-5-20-26(25(19)32)35-28(36-27(20)38(2)18-6-8-33-12-18)40-15-29-7-3-9-39(29)14-17(31)11-29/h4-5,10,13,17-18,33H,3,6-9,11-12,14-15H2,1-2H3,(H,34,37)/t17?,18?,29-/m0/s1. The summed E-state index contributed by atoms with van der Waals surface area (Å²) in [5.41, 5.74) is 2.31. The molecule has 2 N–H and O–H groups in total. The summed E-state index contributed by atoms with van der Waals surface area (Å²) >= 11 is 6.75. The summed E-state index contributed by atoms with van der Waals surface area (Å²) in [7, 11) is 1.98. The quantitative estimate of drug-likeness (QED) is 0.338. The van der Waals surface area contributed by atoms with Crippen molar-refractivity contribution in [2.45, 2.75) is 50.4 Å². The number of aryl methyl sites for hydroxylation is 1. The fraction of sp³-hybridized carbons (Fsp3) is 0.483.